The fourth-order valence-electron chi connectivity index (χ4n) is 3.62. The van der Waals surface area contributed by atoms with Gasteiger partial charge >= 0.3 is 0 Å². The van der Waals surface area contributed by atoms with Crippen molar-refractivity contribution >= 4 is 23.0 Å². The maximum atomic E-state index is 13.4. The molecule has 1 aliphatic heterocycles. The smallest absolute Gasteiger partial charge is 0.262 e. The normalized spacial score (nSPS) is 13.7. The monoisotopic (exact) mass is 399 g/mol. The van der Waals surface area contributed by atoms with Crippen LogP contribution in [0.15, 0.2) is 78.9 Å². The van der Waals surface area contributed by atoms with Gasteiger partial charge in [-0.15, -0.1) is 0 Å². The Hall–Kier alpha value is -3.86. The number of benzene rings is 3. The first kappa shape index (κ1) is 19.5. The minimum atomic E-state index is -0.317. The van der Waals surface area contributed by atoms with Crippen LogP contribution in [0.5, 0.6) is 11.5 Å². The Bertz CT molecular complexity index is 1060. The summed E-state index contributed by atoms with van der Waals surface area (Å²) in [6.45, 7) is 0.109. The Morgan fingerprint density at radius 3 is 1.70 bits per heavy atom. The second kappa shape index (κ2) is 8.25. The zero-order valence-corrected chi connectivity index (χ0v) is 16.8. The molecule has 150 valence electrons. The van der Waals surface area contributed by atoms with Crippen molar-refractivity contribution in [3.8, 4) is 11.5 Å². The molecule has 0 aliphatic carbocycles. The summed E-state index contributed by atoms with van der Waals surface area (Å²) in [6.07, 6.45) is 0. The topological polar surface area (TPSA) is 55.8 Å². The van der Waals surface area contributed by atoms with Crippen molar-refractivity contribution in [3.05, 3.63) is 95.6 Å². The molecule has 0 fully saturated rings. The summed E-state index contributed by atoms with van der Waals surface area (Å²) in [6, 6.07) is 23.9. The van der Waals surface area contributed by atoms with E-state index in [-0.39, 0.29) is 18.4 Å². The molecule has 0 unspecified atom stereocenters. The molecule has 3 aromatic rings. The van der Waals surface area contributed by atoms with Gasteiger partial charge in [0.05, 0.1) is 31.9 Å². The Labute approximate surface area is 175 Å². The molecule has 5 nitrogen and oxygen atoms in total. The average Bonchev–Trinajstić information content (AvgIpc) is 3.05. The predicted octanol–water partition coefficient (Wildman–Crippen LogP) is 4.18. The first-order valence-corrected chi connectivity index (χ1v) is 9.56. The quantitative estimate of drug-likeness (QED) is 0.584. The van der Waals surface area contributed by atoms with Crippen LogP contribution in [0.25, 0.3) is 11.1 Å². The molecule has 0 saturated heterocycles. The van der Waals surface area contributed by atoms with Crippen LogP contribution in [-0.4, -0.2) is 30.9 Å². The number of hydrogen-bond donors (Lipinski definition) is 0. The summed E-state index contributed by atoms with van der Waals surface area (Å²) >= 11 is 0. The zero-order valence-electron chi connectivity index (χ0n) is 16.8. The van der Waals surface area contributed by atoms with Crippen molar-refractivity contribution in [2.24, 2.45) is 0 Å². The molecule has 0 radical (unpaired) electrons. The van der Waals surface area contributed by atoms with E-state index in [9.17, 15) is 9.59 Å². The second-order valence-electron chi connectivity index (χ2n) is 6.86. The van der Waals surface area contributed by atoms with E-state index in [1.807, 2.05) is 60.7 Å². The summed E-state index contributed by atoms with van der Waals surface area (Å²) < 4.78 is 10.7. The number of hydrogen-bond acceptors (Lipinski definition) is 4. The molecule has 30 heavy (non-hydrogen) atoms. The van der Waals surface area contributed by atoms with Gasteiger partial charge in [0.2, 0.25) is 0 Å². The van der Waals surface area contributed by atoms with Gasteiger partial charge in [0.15, 0.2) is 0 Å². The van der Waals surface area contributed by atoms with Gasteiger partial charge in [-0.2, -0.15) is 0 Å². The van der Waals surface area contributed by atoms with Crippen LogP contribution in [0.1, 0.15) is 16.7 Å². The zero-order chi connectivity index (χ0) is 21.1. The highest BCUT2D eigenvalue weighted by atomic mass is 16.5. The van der Waals surface area contributed by atoms with Gasteiger partial charge in [0, 0.05) is 11.6 Å². The number of carbonyl (C=O) groups is 2. The number of rotatable bonds is 6. The maximum absolute atomic E-state index is 13.4. The Kier molecular flexibility index (Phi) is 5.35. The number of amides is 2. The van der Waals surface area contributed by atoms with Crippen molar-refractivity contribution in [1.82, 2.24) is 4.90 Å². The number of imide groups is 1. The Morgan fingerprint density at radius 1 is 0.700 bits per heavy atom. The number of carbonyl (C=O) groups excluding carboxylic acids is 2. The van der Waals surface area contributed by atoms with E-state index in [0.717, 1.165) is 16.7 Å². The maximum Gasteiger partial charge on any atom is 0.262 e. The van der Waals surface area contributed by atoms with Crippen LogP contribution in [0.4, 0.5) is 0 Å². The largest absolute Gasteiger partial charge is 0.497 e. The number of ether oxygens (including phenoxy) is 2. The third-order valence-electron chi connectivity index (χ3n) is 5.12. The Balaban J connectivity index is 1.77. The first-order valence-electron chi connectivity index (χ1n) is 9.56. The lowest BCUT2D eigenvalue weighted by Gasteiger charge is -2.18. The molecule has 1 aliphatic rings. The highest BCUT2D eigenvalue weighted by molar-refractivity contribution is 6.48. The van der Waals surface area contributed by atoms with Crippen LogP contribution in [0, 0.1) is 0 Å². The fourth-order valence-corrected chi connectivity index (χ4v) is 3.62. The van der Waals surface area contributed by atoms with Crippen molar-refractivity contribution in [2.75, 3.05) is 14.2 Å². The van der Waals surface area contributed by atoms with E-state index in [1.165, 1.54) is 4.90 Å². The van der Waals surface area contributed by atoms with Crippen molar-refractivity contribution in [2.45, 2.75) is 6.54 Å². The second-order valence-corrected chi connectivity index (χ2v) is 6.86. The predicted molar refractivity (Wildman–Crippen MR) is 115 cm³/mol. The molecule has 0 bridgehead atoms. The van der Waals surface area contributed by atoms with Crippen LogP contribution < -0.4 is 9.47 Å². The Morgan fingerprint density at radius 2 is 1.23 bits per heavy atom. The highest BCUT2D eigenvalue weighted by Gasteiger charge is 2.39. The van der Waals surface area contributed by atoms with E-state index in [2.05, 4.69) is 0 Å². The molecular weight excluding hydrogens is 378 g/mol. The summed E-state index contributed by atoms with van der Waals surface area (Å²) in [5.74, 6) is 0.568. The van der Waals surface area contributed by atoms with E-state index in [1.54, 1.807) is 32.4 Å². The SMILES string of the molecule is COc1ccc(CN2C(=O)C(c3ccccc3)=C(c3ccccc3)C2=O)c(OC)c1. The van der Waals surface area contributed by atoms with Crippen LogP contribution >= 0.6 is 0 Å². The van der Waals surface area contributed by atoms with Crippen LogP contribution in [0.3, 0.4) is 0 Å². The van der Waals surface area contributed by atoms with Crippen molar-refractivity contribution in [1.29, 1.82) is 0 Å². The van der Waals surface area contributed by atoms with Gasteiger partial charge < -0.3 is 9.47 Å². The van der Waals surface area contributed by atoms with Gasteiger partial charge in [0.1, 0.15) is 11.5 Å². The summed E-state index contributed by atoms with van der Waals surface area (Å²) in [5, 5.41) is 0. The minimum absolute atomic E-state index is 0.109. The number of nitrogens with zero attached hydrogens (tertiary/aromatic N) is 1. The lowest BCUT2D eigenvalue weighted by Crippen LogP contribution is -2.31. The molecule has 0 N–H and O–H groups in total. The molecule has 1 heterocycles. The van der Waals surface area contributed by atoms with Gasteiger partial charge in [-0.05, 0) is 23.3 Å². The van der Waals surface area contributed by atoms with Crippen molar-refractivity contribution < 1.29 is 19.1 Å². The number of methoxy groups -OCH3 is 2. The van der Waals surface area contributed by atoms with Crippen molar-refractivity contribution in [3.63, 3.8) is 0 Å². The molecule has 0 aromatic heterocycles. The average molecular weight is 399 g/mol. The minimum Gasteiger partial charge on any atom is -0.497 e. The summed E-state index contributed by atoms with van der Waals surface area (Å²) in [5.41, 5.74) is 3.00. The lowest BCUT2D eigenvalue weighted by molar-refractivity contribution is -0.136. The molecular formula is C25H21NO4. The first-order chi connectivity index (χ1) is 14.6. The van der Waals surface area contributed by atoms with Crippen LogP contribution in [0.2, 0.25) is 0 Å². The van der Waals surface area contributed by atoms with E-state index < -0.39 is 0 Å². The summed E-state index contributed by atoms with van der Waals surface area (Å²) in [4.78, 5) is 28.1. The third kappa shape index (κ3) is 3.46. The van der Waals surface area contributed by atoms with E-state index in [0.29, 0.717) is 22.6 Å². The molecule has 3 aromatic carbocycles. The fraction of sp³-hybridized carbons (Fsp3) is 0.120. The highest BCUT2D eigenvalue weighted by Crippen LogP contribution is 2.37. The molecule has 2 amide bonds. The molecule has 0 saturated carbocycles. The van der Waals surface area contributed by atoms with E-state index in [4.69, 9.17) is 9.47 Å². The molecule has 4 rings (SSSR count). The van der Waals surface area contributed by atoms with E-state index >= 15 is 0 Å². The molecule has 0 atom stereocenters. The summed E-state index contributed by atoms with van der Waals surface area (Å²) in [7, 11) is 3.12. The van der Waals surface area contributed by atoms with Gasteiger partial charge in [-0.1, -0.05) is 60.7 Å². The standard InChI is InChI=1S/C25H21NO4/c1-29-20-14-13-19(21(15-20)30-2)16-26-24(27)22(17-9-5-3-6-10-17)23(25(26)28)18-11-7-4-8-12-18/h3-15H,16H2,1-2H3. The third-order valence-corrected chi connectivity index (χ3v) is 5.12. The van der Waals surface area contributed by atoms with Gasteiger partial charge in [-0.3, -0.25) is 14.5 Å². The molecule has 5 heteroatoms. The lowest BCUT2D eigenvalue weighted by atomic mass is 9.96. The van der Waals surface area contributed by atoms with Gasteiger partial charge in [-0.25, -0.2) is 0 Å². The van der Waals surface area contributed by atoms with Crippen LogP contribution in [-0.2, 0) is 16.1 Å². The molecule has 0 spiro atoms. The van der Waals surface area contributed by atoms with Gasteiger partial charge in [0.25, 0.3) is 11.8 Å².